The number of amides is 1. The van der Waals surface area contributed by atoms with E-state index in [0.29, 0.717) is 18.2 Å². The van der Waals surface area contributed by atoms with E-state index in [1.165, 1.54) is 12.8 Å². The molecule has 1 unspecified atom stereocenters. The molecule has 1 fully saturated rings. The zero-order valence-electron chi connectivity index (χ0n) is 13.2. The Hall–Kier alpha value is -1.25. The molecule has 1 aromatic rings. The molecule has 2 rings (SSSR count). The van der Waals surface area contributed by atoms with E-state index in [1.807, 2.05) is 0 Å². The van der Waals surface area contributed by atoms with Gasteiger partial charge in [0, 0.05) is 19.6 Å². The van der Waals surface area contributed by atoms with Crippen LogP contribution in [0.3, 0.4) is 0 Å². The van der Waals surface area contributed by atoms with Crippen LogP contribution in [0, 0.1) is 5.92 Å². The number of furan rings is 1. The number of carbonyl (C=O) groups is 1. The van der Waals surface area contributed by atoms with Crippen molar-refractivity contribution in [1.29, 1.82) is 0 Å². The number of nitrogens with zero attached hydrogens (tertiary/aromatic N) is 2. The van der Waals surface area contributed by atoms with Crippen LogP contribution < -0.4 is 11.1 Å². The third-order valence-corrected chi connectivity index (χ3v) is 3.58. The first-order chi connectivity index (χ1) is 10.1. The van der Waals surface area contributed by atoms with Crippen LogP contribution in [0.1, 0.15) is 43.0 Å². The number of carbonyl (C=O) groups excluding carboxylic acids is 1. The number of rotatable bonds is 4. The van der Waals surface area contributed by atoms with Gasteiger partial charge in [-0.25, -0.2) is 4.99 Å². The van der Waals surface area contributed by atoms with Crippen molar-refractivity contribution in [2.24, 2.45) is 16.6 Å². The van der Waals surface area contributed by atoms with Crippen molar-refractivity contribution in [3.05, 3.63) is 23.7 Å². The molecule has 22 heavy (non-hydrogen) atoms. The summed E-state index contributed by atoms with van der Waals surface area (Å²) in [7, 11) is 0. The summed E-state index contributed by atoms with van der Waals surface area (Å²) in [4.78, 5) is 17.9. The van der Waals surface area contributed by atoms with Crippen LogP contribution in [-0.4, -0.2) is 36.4 Å². The maximum Gasteiger partial charge on any atom is 0.284 e. The van der Waals surface area contributed by atoms with E-state index in [4.69, 9.17) is 10.2 Å². The standard InChI is InChI=1S/C15H24N4O2.HI/c1-3-17-15(19-8-4-5-11(2)10-19)18-9-12-6-7-13(21-12)14(16)20;/h6-7,11H,3-5,8-10H2,1-2H3,(H2,16,20)(H,17,18);1H. The van der Waals surface area contributed by atoms with Crippen molar-refractivity contribution >= 4 is 35.8 Å². The molecule has 0 saturated carbocycles. The van der Waals surface area contributed by atoms with Gasteiger partial charge in [0.2, 0.25) is 0 Å². The Kier molecular flexibility index (Phi) is 7.70. The van der Waals surface area contributed by atoms with Crippen LogP contribution >= 0.6 is 24.0 Å². The Morgan fingerprint density at radius 1 is 1.55 bits per heavy atom. The number of primary amides is 1. The van der Waals surface area contributed by atoms with E-state index in [2.05, 4.69) is 29.1 Å². The molecule has 1 saturated heterocycles. The summed E-state index contributed by atoms with van der Waals surface area (Å²) < 4.78 is 5.35. The molecule has 1 aromatic heterocycles. The maximum absolute atomic E-state index is 11.0. The van der Waals surface area contributed by atoms with Crippen LogP contribution in [0.2, 0.25) is 0 Å². The van der Waals surface area contributed by atoms with Crippen molar-refractivity contribution < 1.29 is 9.21 Å². The summed E-state index contributed by atoms with van der Waals surface area (Å²) in [5.41, 5.74) is 5.17. The highest BCUT2D eigenvalue weighted by Gasteiger charge is 2.19. The van der Waals surface area contributed by atoms with Crippen LogP contribution in [0.25, 0.3) is 0 Å². The van der Waals surface area contributed by atoms with Gasteiger partial charge in [-0.1, -0.05) is 6.92 Å². The Morgan fingerprint density at radius 3 is 2.91 bits per heavy atom. The number of guanidine groups is 1. The quantitative estimate of drug-likeness (QED) is 0.445. The summed E-state index contributed by atoms with van der Waals surface area (Å²) in [5, 5.41) is 3.32. The monoisotopic (exact) mass is 420 g/mol. The first kappa shape index (κ1) is 18.8. The highest BCUT2D eigenvalue weighted by atomic mass is 127. The second kappa shape index (κ2) is 9.02. The molecule has 1 aliphatic rings. The van der Waals surface area contributed by atoms with Gasteiger partial charge in [-0.3, -0.25) is 4.79 Å². The van der Waals surface area contributed by atoms with Gasteiger partial charge in [0.1, 0.15) is 12.3 Å². The maximum atomic E-state index is 11.0. The minimum atomic E-state index is -0.554. The van der Waals surface area contributed by atoms with Crippen LogP contribution in [0.5, 0.6) is 0 Å². The van der Waals surface area contributed by atoms with Gasteiger partial charge in [0.25, 0.3) is 5.91 Å². The van der Waals surface area contributed by atoms with Crippen molar-refractivity contribution in [3.8, 4) is 0 Å². The van der Waals surface area contributed by atoms with E-state index >= 15 is 0 Å². The van der Waals surface area contributed by atoms with E-state index in [1.54, 1.807) is 12.1 Å². The molecule has 1 aliphatic heterocycles. The molecule has 6 nitrogen and oxygen atoms in total. The first-order valence-electron chi connectivity index (χ1n) is 7.52. The Bertz CT molecular complexity index is 515. The van der Waals surface area contributed by atoms with E-state index in [0.717, 1.165) is 25.6 Å². The number of hydrogen-bond donors (Lipinski definition) is 2. The molecule has 0 aromatic carbocycles. The van der Waals surface area contributed by atoms with Gasteiger partial charge < -0.3 is 20.4 Å². The Labute approximate surface area is 148 Å². The molecule has 1 amide bonds. The SMILES string of the molecule is CCNC(=NCc1ccc(C(N)=O)o1)N1CCCC(C)C1.I. The zero-order chi connectivity index (χ0) is 15.2. The summed E-state index contributed by atoms with van der Waals surface area (Å²) in [6.07, 6.45) is 2.47. The molecule has 3 N–H and O–H groups in total. The largest absolute Gasteiger partial charge is 0.454 e. The normalized spacial score (nSPS) is 18.7. The van der Waals surface area contributed by atoms with E-state index < -0.39 is 5.91 Å². The molecule has 0 radical (unpaired) electrons. The predicted molar refractivity (Wildman–Crippen MR) is 97.4 cm³/mol. The lowest BCUT2D eigenvalue weighted by Gasteiger charge is -2.33. The second-order valence-electron chi connectivity index (χ2n) is 5.49. The number of hydrogen-bond acceptors (Lipinski definition) is 3. The van der Waals surface area contributed by atoms with E-state index in [-0.39, 0.29) is 29.7 Å². The summed E-state index contributed by atoms with van der Waals surface area (Å²) in [6, 6.07) is 3.33. The number of halogens is 1. The van der Waals surface area contributed by atoms with Gasteiger partial charge in [-0.05, 0) is 37.8 Å². The molecule has 0 bridgehead atoms. The fraction of sp³-hybridized carbons (Fsp3) is 0.600. The van der Waals surface area contributed by atoms with Gasteiger partial charge >= 0.3 is 0 Å². The van der Waals surface area contributed by atoms with Crippen LogP contribution in [0.15, 0.2) is 21.5 Å². The average molecular weight is 420 g/mol. The van der Waals surface area contributed by atoms with Gasteiger partial charge in [0.05, 0.1) is 0 Å². The number of nitrogens with two attached hydrogens (primary N) is 1. The molecule has 2 heterocycles. The average Bonchev–Trinajstić information content (AvgIpc) is 2.92. The van der Waals surface area contributed by atoms with Crippen LogP contribution in [-0.2, 0) is 6.54 Å². The third kappa shape index (κ3) is 5.19. The Morgan fingerprint density at radius 2 is 2.32 bits per heavy atom. The molecule has 1 atom stereocenters. The fourth-order valence-electron chi connectivity index (χ4n) is 2.56. The highest BCUT2D eigenvalue weighted by Crippen LogP contribution is 2.16. The smallest absolute Gasteiger partial charge is 0.284 e. The summed E-state index contributed by atoms with van der Waals surface area (Å²) >= 11 is 0. The topological polar surface area (TPSA) is 83.9 Å². The highest BCUT2D eigenvalue weighted by molar-refractivity contribution is 14.0. The fourth-order valence-corrected chi connectivity index (χ4v) is 2.56. The first-order valence-corrected chi connectivity index (χ1v) is 7.52. The third-order valence-electron chi connectivity index (χ3n) is 3.58. The molecule has 0 aliphatic carbocycles. The van der Waals surface area contributed by atoms with Gasteiger partial charge in [-0.2, -0.15) is 0 Å². The minimum Gasteiger partial charge on any atom is -0.454 e. The zero-order valence-corrected chi connectivity index (χ0v) is 15.5. The van der Waals surface area contributed by atoms with Crippen molar-refractivity contribution in [3.63, 3.8) is 0 Å². The number of likely N-dealkylation sites (tertiary alicyclic amines) is 1. The van der Waals surface area contributed by atoms with Crippen molar-refractivity contribution in [2.75, 3.05) is 19.6 Å². The minimum absolute atomic E-state index is 0. The lowest BCUT2D eigenvalue weighted by atomic mass is 10.0. The van der Waals surface area contributed by atoms with Gasteiger partial charge in [0.15, 0.2) is 11.7 Å². The Balaban J connectivity index is 0.00000242. The second-order valence-corrected chi connectivity index (χ2v) is 5.49. The van der Waals surface area contributed by atoms with Crippen molar-refractivity contribution in [2.45, 2.75) is 33.2 Å². The molecular weight excluding hydrogens is 395 g/mol. The molecular formula is C15H25IN4O2. The number of piperidine rings is 1. The predicted octanol–water partition coefficient (Wildman–Crippen LogP) is 2.19. The van der Waals surface area contributed by atoms with Crippen LogP contribution in [0.4, 0.5) is 0 Å². The van der Waals surface area contributed by atoms with Gasteiger partial charge in [-0.15, -0.1) is 24.0 Å². The van der Waals surface area contributed by atoms with Crippen molar-refractivity contribution in [1.82, 2.24) is 10.2 Å². The summed E-state index contributed by atoms with van der Waals surface area (Å²) in [5.74, 6) is 1.86. The summed E-state index contributed by atoms with van der Waals surface area (Å²) in [6.45, 7) is 7.61. The number of nitrogens with one attached hydrogen (secondary N) is 1. The molecule has 7 heteroatoms. The molecule has 0 spiro atoms. The number of aliphatic imine (C=N–C) groups is 1. The molecule has 124 valence electrons. The lowest BCUT2D eigenvalue weighted by Crippen LogP contribution is -2.46. The lowest BCUT2D eigenvalue weighted by molar-refractivity contribution is 0.0972. The van der Waals surface area contributed by atoms with E-state index in [9.17, 15) is 4.79 Å².